The summed E-state index contributed by atoms with van der Waals surface area (Å²) >= 11 is 1.69. The molecule has 0 spiro atoms. The molecule has 2 aromatic heterocycles. The molecule has 18 heavy (non-hydrogen) atoms. The number of para-hydroxylation sites is 1. The molecule has 0 aliphatic rings. The Morgan fingerprint density at radius 1 is 1.33 bits per heavy atom. The highest BCUT2D eigenvalue weighted by molar-refractivity contribution is 7.11. The van der Waals surface area contributed by atoms with Gasteiger partial charge in [-0.2, -0.15) is 0 Å². The summed E-state index contributed by atoms with van der Waals surface area (Å²) in [5, 5.41) is 1.07. The Bertz CT molecular complexity index is 711. The van der Waals surface area contributed by atoms with Gasteiger partial charge in [0.2, 0.25) is 5.95 Å². The topological polar surface area (TPSA) is 56.7 Å². The minimum atomic E-state index is 0.561. The van der Waals surface area contributed by atoms with Crippen molar-refractivity contribution < 1.29 is 0 Å². The number of nitrogens with zero attached hydrogens (tertiary/aromatic N) is 3. The van der Waals surface area contributed by atoms with E-state index in [1.165, 1.54) is 4.88 Å². The van der Waals surface area contributed by atoms with Gasteiger partial charge in [-0.05, 0) is 25.5 Å². The van der Waals surface area contributed by atoms with Crippen LogP contribution in [0.2, 0.25) is 0 Å². The summed E-state index contributed by atoms with van der Waals surface area (Å²) in [6, 6.07) is 6.14. The first kappa shape index (κ1) is 11.2. The Morgan fingerprint density at radius 2 is 2.17 bits per heavy atom. The molecule has 0 aliphatic carbocycles. The van der Waals surface area contributed by atoms with Crippen molar-refractivity contribution in [2.75, 3.05) is 5.73 Å². The third-order valence-electron chi connectivity index (χ3n) is 2.99. The normalized spacial score (nSPS) is 11.2. The maximum atomic E-state index is 6.01. The highest BCUT2D eigenvalue weighted by atomic mass is 32.1. The minimum Gasteiger partial charge on any atom is -0.369 e. The molecule has 0 unspecified atom stereocenters. The molecule has 0 saturated carbocycles. The predicted molar refractivity (Wildman–Crippen MR) is 74.8 cm³/mol. The molecule has 5 heteroatoms. The second-order valence-corrected chi connectivity index (χ2v) is 5.66. The standard InChI is InChI=1S/C13H14N4S/c1-8-4-3-5-11-12(8)16-13(14)17(11)7-10-6-15-9(2)18-10/h3-6H,7H2,1-2H3,(H2,14,16). The van der Waals surface area contributed by atoms with E-state index < -0.39 is 0 Å². The molecule has 0 saturated heterocycles. The van der Waals surface area contributed by atoms with E-state index in [0.29, 0.717) is 5.95 Å². The molecule has 2 heterocycles. The molecule has 0 atom stereocenters. The van der Waals surface area contributed by atoms with Crippen LogP contribution in [-0.2, 0) is 6.54 Å². The van der Waals surface area contributed by atoms with Crippen LogP contribution in [0.25, 0.3) is 11.0 Å². The van der Waals surface area contributed by atoms with Crippen LogP contribution in [0.15, 0.2) is 24.4 Å². The maximum absolute atomic E-state index is 6.01. The average molecular weight is 258 g/mol. The van der Waals surface area contributed by atoms with E-state index in [4.69, 9.17) is 5.73 Å². The summed E-state index contributed by atoms with van der Waals surface area (Å²) < 4.78 is 2.04. The van der Waals surface area contributed by atoms with Crippen molar-refractivity contribution in [3.8, 4) is 0 Å². The van der Waals surface area contributed by atoms with E-state index in [-0.39, 0.29) is 0 Å². The molecule has 92 valence electrons. The molecule has 1 aromatic carbocycles. The quantitative estimate of drug-likeness (QED) is 0.769. The number of rotatable bonds is 2. The van der Waals surface area contributed by atoms with E-state index in [1.54, 1.807) is 11.3 Å². The zero-order chi connectivity index (χ0) is 12.7. The fourth-order valence-electron chi connectivity index (χ4n) is 2.11. The number of fused-ring (bicyclic) bond motifs is 1. The number of nitrogens with two attached hydrogens (primary N) is 1. The number of imidazole rings is 1. The molecule has 4 nitrogen and oxygen atoms in total. The molecule has 0 fully saturated rings. The number of nitrogen functional groups attached to an aromatic ring is 1. The summed E-state index contributed by atoms with van der Waals surface area (Å²) in [6.07, 6.45) is 1.90. The van der Waals surface area contributed by atoms with Crippen molar-refractivity contribution in [2.24, 2.45) is 0 Å². The summed E-state index contributed by atoms with van der Waals surface area (Å²) in [5.74, 6) is 0.561. The van der Waals surface area contributed by atoms with Crippen molar-refractivity contribution in [3.63, 3.8) is 0 Å². The number of aromatic nitrogens is 3. The molecule has 0 radical (unpaired) electrons. The van der Waals surface area contributed by atoms with Gasteiger partial charge in [0.15, 0.2) is 0 Å². The van der Waals surface area contributed by atoms with Crippen molar-refractivity contribution in [2.45, 2.75) is 20.4 Å². The van der Waals surface area contributed by atoms with Gasteiger partial charge in [-0.1, -0.05) is 12.1 Å². The first-order valence-electron chi connectivity index (χ1n) is 5.78. The molecule has 3 rings (SSSR count). The molecular weight excluding hydrogens is 244 g/mol. The number of anilines is 1. The van der Waals surface area contributed by atoms with Crippen molar-refractivity contribution >= 4 is 28.3 Å². The molecule has 2 N–H and O–H groups in total. The van der Waals surface area contributed by atoms with Crippen LogP contribution in [0.1, 0.15) is 15.4 Å². The van der Waals surface area contributed by atoms with Crippen LogP contribution >= 0.6 is 11.3 Å². The van der Waals surface area contributed by atoms with Crippen LogP contribution in [0.3, 0.4) is 0 Å². The highest BCUT2D eigenvalue weighted by Crippen LogP contribution is 2.23. The van der Waals surface area contributed by atoms with Gasteiger partial charge in [-0.25, -0.2) is 9.97 Å². The Labute approximate surface area is 109 Å². The van der Waals surface area contributed by atoms with Crippen molar-refractivity contribution in [3.05, 3.63) is 39.8 Å². The first-order valence-corrected chi connectivity index (χ1v) is 6.59. The number of aryl methyl sites for hydroxylation is 2. The Kier molecular flexibility index (Phi) is 2.56. The first-order chi connectivity index (χ1) is 8.65. The number of hydrogen-bond acceptors (Lipinski definition) is 4. The molecule has 3 aromatic rings. The zero-order valence-electron chi connectivity index (χ0n) is 10.3. The summed E-state index contributed by atoms with van der Waals surface area (Å²) in [7, 11) is 0. The van der Waals surface area contributed by atoms with Gasteiger partial charge in [0.05, 0.1) is 22.6 Å². The van der Waals surface area contributed by atoms with E-state index in [1.807, 2.05) is 23.8 Å². The lowest BCUT2D eigenvalue weighted by atomic mass is 10.2. The molecular formula is C13H14N4S. The second-order valence-electron chi connectivity index (χ2n) is 4.34. The third-order valence-corrected chi connectivity index (χ3v) is 3.89. The Morgan fingerprint density at radius 3 is 2.89 bits per heavy atom. The largest absolute Gasteiger partial charge is 0.369 e. The minimum absolute atomic E-state index is 0.561. The summed E-state index contributed by atoms with van der Waals surface area (Å²) in [6.45, 7) is 4.79. The van der Waals surface area contributed by atoms with Gasteiger partial charge >= 0.3 is 0 Å². The van der Waals surface area contributed by atoms with Gasteiger partial charge in [0, 0.05) is 11.1 Å². The van der Waals surface area contributed by atoms with Gasteiger partial charge in [-0.15, -0.1) is 11.3 Å². The van der Waals surface area contributed by atoms with E-state index in [9.17, 15) is 0 Å². The number of benzene rings is 1. The summed E-state index contributed by atoms with van der Waals surface area (Å²) in [5.41, 5.74) is 9.23. The summed E-state index contributed by atoms with van der Waals surface area (Å²) in [4.78, 5) is 9.90. The fraction of sp³-hybridized carbons (Fsp3) is 0.231. The Hall–Kier alpha value is -1.88. The van der Waals surface area contributed by atoms with Crippen molar-refractivity contribution in [1.29, 1.82) is 0 Å². The maximum Gasteiger partial charge on any atom is 0.201 e. The van der Waals surface area contributed by atoms with Gasteiger partial charge < -0.3 is 10.3 Å². The van der Waals surface area contributed by atoms with Gasteiger partial charge in [0.25, 0.3) is 0 Å². The van der Waals surface area contributed by atoms with Crippen LogP contribution in [0.4, 0.5) is 5.95 Å². The smallest absolute Gasteiger partial charge is 0.201 e. The number of hydrogen-bond donors (Lipinski definition) is 1. The average Bonchev–Trinajstić information content (AvgIpc) is 2.87. The van der Waals surface area contributed by atoms with Crippen molar-refractivity contribution in [1.82, 2.24) is 14.5 Å². The monoisotopic (exact) mass is 258 g/mol. The van der Waals surface area contributed by atoms with E-state index in [2.05, 4.69) is 29.0 Å². The predicted octanol–water partition coefficient (Wildman–Crippen LogP) is 2.74. The lowest BCUT2D eigenvalue weighted by Crippen LogP contribution is -2.03. The SMILES string of the molecule is Cc1ncc(Cn2c(N)nc3c(C)cccc32)s1. The van der Waals surface area contributed by atoms with E-state index >= 15 is 0 Å². The van der Waals surface area contributed by atoms with Gasteiger partial charge in [0.1, 0.15) is 0 Å². The number of thiazole rings is 1. The highest BCUT2D eigenvalue weighted by Gasteiger charge is 2.10. The Balaban J connectivity index is 2.11. The van der Waals surface area contributed by atoms with Crippen LogP contribution in [0.5, 0.6) is 0 Å². The zero-order valence-corrected chi connectivity index (χ0v) is 11.2. The molecule has 0 aliphatic heterocycles. The molecule has 0 amide bonds. The fourth-order valence-corrected chi connectivity index (χ4v) is 2.89. The van der Waals surface area contributed by atoms with Crippen LogP contribution < -0.4 is 5.73 Å². The van der Waals surface area contributed by atoms with Crippen LogP contribution in [0, 0.1) is 13.8 Å². The third kappa shape index (κ3) is 1.76. The lowest BCUT2D eigenvalue weighted by molar-refractivity contribution is 0.850. The second kappa shape index (κ2) is 4.10. The molecule has 0 bridgehead atoms. The van der Waals surface area contributed by atoms with Crippen LogP contribution in [-0.4, -0.2) is 14.5 Å². The lowest BCUT2D eigenvalue weighted by Gasteiger charge is -2.04. The van der Waals surface area contributed by atoms with Gasteiger partial charge in [-0.3, -0.25) is 0 Å². The van der Waals surface area contributed by atoms with E-state index in [0.717, 1.165) is 28.1 Å².